The zero-order valence-corrected chi connectivity index (χ0v) is 13.1. The number of carbonyl (C=O) groups excluding carboxylic acids is 1. The number of hydrogen-bond acceptors (Lipinski definition) is 4. The van der Waals surface area contributed by atoms with Gasteiger partial charge in [0.25, 0.3) is 0 Å². The summed E-state index contributed by atoms with van der Waals surface area (Å²) in [6.07, 6.45) is -11.1. The first-order valence-corrected chi connectivity index (χ1v) is 7.17. The van der Waals surface area contributed by atoms with E-state index in [1.807, 2.05) is 0 Å². The number of hydrogen-bond donors (Lipinski definition) is 0. The minimum Gasteiger partial charge on any atom is -0.466 e. The average molecular weight is 410 g/mol. The van der Waals surface area contributed by atoms with Crippen LogP contribution >= 0.6 is 15.9 Å². The molecule has 1 aromatic rings. The van der Waals surface area contributed by atoms with Crippen molar-refractivity contribution in [3.8, 4) is 5.75 Å². The SMILES string of the molecule is CCOC(=O)Cc1c(CBr)ncc(C(F)(F)F)c1OC(F)(F)F. The van der Waals surface area contributed by atoms with Crippen LogP contribution < -0.4 is 4.74 Å². The van der Waals surface area contributed by atoms with Crippen molar-refractivity contribution in [1.82, 2.24) is 4.98 Å². The Bertz CT molecular complexity index is 573. The van der Waals surface area contributed by atoms with Gasteiger partial charge in [-0.05, 0) is 6.92 Å². The van der Waals surface area contributed by atoms with E-state index in [2.05, 4.69) is 30.4 Å². The van der Waals surface area contributed by atoms with Gasteiger partial charge in [-0.15, -0.1) is 13.2 Å². The lowest BCUT2D eigenvalue weighted by molar-refractivity contribution is -0.276. The van der Waals surface area contributed by atoms with Gasteiger partial charge >= 0.3 is 18.5 Å². The van der Waals surface area contributed by atoms with Crippen molar-refractivity contribution in [3.63, 3.8) is 0 Å². The van der Waals surface area contributed by atoms with Crippen LogP contribution in [0, 0.1) is 0 Å². The van der Waals surface area contributed by atoms with Gasteiger partial charge in [0.1, 0.15) is 11.3 Å². The second-order valence-electron chi connectivity index (χ2n) is 4.09. The molecule has 0 fully saturated rings. The van der Waals surface area contributed by atoms with Crippen LogP contribution in [0.5, 0.6) is 5.75 Å². The van der Waals surface area contributed by atoms with Crippen LogP contribution in [0.2, 0.25) is 0 Å². The molecule has 0 saturated carbocycles. The van der Waals surface area contributed by atoms with E-state index >= 15 is 0 Å². The Morgan fingerprint density at radius 3 is 2.30 bits per heavy atom. The lowest BCUT2D eigenvalue weighted by Crippen LogP contribution is -2.23. The largest absolute Gasteiger partial charge is 0.573 e. The second-order valence-corrected chi connectivity index (χ2v) is 4.65. The first kappa shape index (κ1) is 19.5. The van der Waals surface area contributed by atoms with E-state index in [1.165, 1.54) is 6.92 Å². The molecule has 4 nitrogen and oxygen atoms in total. The van der Waals surface area contributed by atoms with E-state index in [0.717, 1.165) is 0 Å². The quantitative estimate of drug-likeness (QED) is 0.419. The standard InChI is InChI=1S/C12H10BrF6NO3/c1-2-22-9(21)3-6-8(4-13)20-5-7(11(14,15)16)10(6)23-12(17,18)19/h5H,2-4H2,1H3. The molecule has 23 heavy (non-hydrogen) atoms. The zero-order valence-electron chi connectivity index (χ0n) is 11.5. The number of halogens is 7. The van der Waals surface area contributed by atoms with Gasteiger partial charge in [0.2, 0.25) is 0 Å². The first-order valence-electron chi connectivity index (χ1n) is 6.04. The monoisotopic (exact) mass is 409 g/mol. The molecule has 0 saturated heterocycles. The first-order chi connectivity index (χ1) is 10.5. The van der Waals surface area contributed by atoms with Crippen molar-refractivity contribution < 1.29 is 40.6 Å². The van der Waals surface area contributed by atoms with Crippen LogP contribution in [-0.4, -0.2) is 23.9 Å². The number of pyridine rings is 1. The van der Waals surface area contributed by atoms with E-state index in [1.54, 1.807) is 0 Å². The summed E-state index contributed by atoms with van der Waals surface area (Å²) >= 11 is 2.89. The number of nitrogens with zero attached hydrogens (tertiary/aromatic N) is 1. The van der Waals surface area contributed by atoms with Gasteiger partial charge in [-0.3, -0.25) is 9.78 Å². The van der Waals surface area contributed by atoms with E-state index in [4.69, 9.17) is 0 Å². The molecule has 0 aliphatic rings. The molecule has 0 atom stereocenters. The third-order valence-corrected chi connectivity index (χ3v) is 3.02. The van der Waals surface area contributed by atoms with Crippen molar-refractivity contribution in [1.29, 1.82) is 0 Å². The molecular formula is C12H10BrF6NO3. The third-order valence-electron chi connectivity index (χ3n) is 2.49. The summed E-state index contributed by atoms with van der Waals surface area (Å²) in [4.78, 5) is 14.9. The Balaban J connectivity index is 3.50. The lowest BCUT2D eigenvalue weighted by atomic mass is 10.1. The molecule has 0 aliphatic heterocycles. The molecule has 1 rings (SSSR count). The summed E-state index contributed by atoms with van der Waals surface area (Å²) in [5.41, 5.74) is -2.54. The number of aromatic nitrogens is 1. The van der Waals surface area contributed by atoms with Gasteiger partial charge in [0.15, 0.2) is 0 Å². The van der Waals surface area contributed by atoms with Crippen molar-refractivity contribution in [2.24, 2.45) is 0 Å². The fourth-order valence-corrected chi connectivity index (χ4v) is 2.14. The predicted molar refractivity (Wildman–Crippen MR) is 68.9 cm³/mol. The average Bonchev–Trinajstić information content (AvgIpc) is 2.37. The minimum absolute atomic E-state index is 0.0790. The summed E-state index contributed by atoms with van der Waals surface area (Å²) < 4.78 is 84.2. The molecule has 0 aliphatic carbocycles. The van der Waals surface area contributed by atoms with Gasteiger partial charge in [-0.1, -0.05) is 15.9 Å². The summed E-state index contributed by atoms with van der Waals surface area (Å²) in [7, 11) is 0. The summed E-state index contributed by atoms with van der Waals surface area (Å²) in [6.45, 7) is 1.37. The van der Waals surface area contributed by atoms with Gasteiger partial charge in [-0.2, -0.15) is 13.2 Å². The second kappa shape index (κ2) is 7.37. The molecule has 0 amide bonds. The lowest BCUT2D eigenvalue weighted by Gasteiger charge is -2.19. The van der Waals surface area contributed by atoms with E-state index < -0.39 is 41.8 Å². The minimum atomic E-state index is -5.37. The molecular weight excluding hydrogens is 400 g/mol. The fourth-order valence-electron chi connectivity index (χ4n) is 1.66. The van der Waals surface area contributed by atoms with Crippen molar-refractivity contribution in [2.75, 3.05) is 6.61 Å². The molecule has 11 heteroatoms. The number of esters is 1. The maximum atomic E-state index is 12.9. The molecule has 0 radical (unpaired) electrons. The Morgan fingerprint density at radius 2 is 1.87 bits per heavy atom. The molecule has 1 aromatic heterocycles. The fraction of sp³-hybridized carbons (Fsp3) is 0.500. The molecule has 0 aromatic carbocycles. The van der Waals surface area contributed by atoms with E-state index in [0.29, 0.717) is 0 Å². The van der Waals surface area contributed by atoms with Gasteiger partial charge in [0.05, 0.1) is 18.7 Å². The number of rotatable bonds is 5. The van der Waals surface area contributed by atoms with Crippen LogP contribution in [0.3, 0.4) is 0 Å². The Hall–Kier alpha value is -1.52. The van der Waals surface area contributed by atoms with E-state index in [-0.39, 0.29) is 23.8 Å². The highest BCUT2D eigenvalue weighted by Crippen LogP contribution is 2.41. The highest BCUT2D eigenvalue weighted by Gasteiger charge is 2.42. The third kappa shape index (κ3) is 5.56. The number of ether oxygens (including phenoxy) is 2. The topological polar surface area (TPSA) is 48.4 Å². The van der Waals surface area contributed by atoms with Crippen molar-refractivity contribution in [3.05, 3.63) is 23.0 Å². The molecule has 0 unspecified atom stereocenters. The maximum absolute atomic E-state index is 12.9. The number of alkyl halides is 7. The molecule has 0 bridgehead atoms. The Kier molecular flexibility index (Phi) is 6.25. The highest BCUT2D eigenvalue weighted by molar-refractivity contribution is 9.08. The van der Waals surface area contributed by atoms with E-state index in [9.17, 15) is 31.1 Å². The van der Waals surface area contributed by atoms with Crippen LogP contribution in [0.25, 0.3) is 0 Å². The number of carbonyl (C=O) groups is 1. The molecule has 0 spiro atoms. The molecule has 0 N–H and O–H groups in total. The summed E-state index contributed by atoms with van der Waals surface area (Å²) in [5.74, 6) is -2.50. The van der Waals surface area contributed by atoms with Crippen LogP contribution in [0.4, 0.5) is 26.3 Å². The van der Waals surface area contributed by atoms with Gasteiger partial charge < -0.3 is 9.47 Å². The maximum Gasteiger partial charge on any atom is 0.573 e. The Morgan fingerprint density at radius 1 is 1.26 bits per heavy atom. The molecule has 130 valence electrons. The smallest absolute Gasteiger partial charge is 0.466 e. The van der Waals surface area contributed by atoms with Crippen molar-refractivity contribution in [2.45, 2.75) is 31.2 Å². The van der Waals surface area contributed by atoms with Crippen LogP contribution in [-0.2, 0) is 27.5 Å². The predicted octanol–water partition coefficient (Wildman–Crippen LogP) is 4.00. The summed E-state index contributed by atoms with van der Waals surface area (Å²) in [6, 6.07) is 0. The normalized spacial score (nSPS) is 12.2. The van der Waals surface area contributed by atoms with Gasteiger partial charge in [0, 0.05) is 17.1 Å². The summed E-state index contributed by atoms with van der Waals surface area (Å²) in [5, 5.41) is -0.173. The van der Waals surface area contributed by atoms with Gasteiger partial charge in [-0.25, -0.2) is 0 Å². The van der Waals surface area contributed by atoms with Crippen LogP contribution in [0.1, 0.15) is 23.7 Å². The highest BCUT2D eigenvalue weighted by atomic mass is 79.9. The molecule has 1 heterocycles. The zero-order chi connectivity index (χ0) is 17.8. The van der Waals surface area contributed by atoms with Crippen LogP contribution in [0.15, 0.2) is 6.20 Å². The van der Waals surface area contributed by atoms with Crippen molar-refractivity contribution >= 4 is 21.9 Å². The Labute approximate surface area is 134 Å².